The molecule has 0 aromatic heterocycles. The van der Waals surface area contributed by atoms with Gasteiger partial charge in [-0.05, 0) is 52.2 Å². The second-order valence-electron chi connectivity index (χ2n) is 7.34. The third kappa shape index (κ3) is 6.02. The number of non-ortho nitro benzene ring substituents is 1. The average molecular weight is 364 g/mol. The second kappa shape index (κ2) is 8.16. The third-order valence-corrected chi connectivity index (χ3v) is 3.93. The molecule has 26 heavy (non-hydrogen) atoms. The van der Waals surface area contributed by atoms with Crippen LogP contribution in [0.4, 0.5) is 10.5 Å². The number of ether oxygens (including phenoxy) is 2. The van der Waals surface area contributed by atoms with Crippen molar-refractivity contribution in [1.82, 2.24) is 5.32 Å². The van der Waals surface area contributed by atoms with E-state index in [0.717, 1.165) is 12.8 Å². The van der Waals surface area contributed by atoms with Gasteiger partial charge in [-0.3, -0.25) is 10.1 Å². The number of hydrogen-bond acceptors (Lipinski definition) is 6. The Labute approximate surface area is 152 Å². The summed E-state index contributed by atoms with van der Waals surface area (Å²) in [6.07, 6.45) is 2.04. The van der Waals surface area contributed by atoms with Crippen molar-refractivity contribution >= 4 is 17.7 Å². The Morgan fingerprint density at radius 2 is 1.85 bits per heavy atom. The summed E-state index contributed by atoms with van der Waals surface area (Å²) in [5.41, 5.74) is -0.390. The Bertz CT molecular complexity index is 665. The fourth-order valence-electron chi connectivity index (χ4n) is 2.80. The quantitative estimate of drug-likeness (QED) is 0.497. The van der Waals surface area contributed by atoms with Gasteiger partial charge in [0.15, 0.2) is 0 Å². The van der Waals surface area contributed by atoms with Crippen LogP contribution in [0.1, 0.15) is 56.8 Å². The molecule has 0 saturated heterocycles. The van der Waals surface area contributed by atoms with Crippen LogP contribution in [0, 0.1) is 10.1 Å². The highest BCUT2D eigenvalue weighted by atomic mass is 16.6. The summed E-state index contributed by atoms with van der Waals surface area (Å²) in [5, 5.41) is 13.5. The molecule has 2 rings (SSSR count). The fraction of sp³-hybridized carbons (Fsp3) is 0.556. The fourth-order valence-corrected chi connectivity index (χ4v) is 2.80. The molecule has 0 bridgehead atoms. The predicted molar refractivity (Wildman–Crippen MR) is 93.9 cm³/mol. The highest BCUT2D eigenvalue weighted by Crippen LogP contribution is 2.23. The van der Waals surface area contributed by atoms with Gasteiger partial charge in [0.2, 0.25) is 0 Å². The monoisotopic (exact) mass is 364 g/mol. The van der Waals surface area contributed by atoms with Gasteiger partial charge in [0, 0.05) is 24.6 Å². The van der Waals surface area contributed by atoms with E-state index in [1.165, 1.54) is 24.3 Å². The summed E-state index contributed by atoms with van der Waals surface area (Å²) in [5.74, 6) is -0.525. The first-order chi connectivity index (χ1) is 12.1. The summed E-state index contributed by atoms with van der Waals surface area (Å²) in [6, 6.07) is 5.17. The number of nitrogens with one attached hydrogen (secondary N) is 1. The van der Waals surface area contributed by atoms with Crippen molar-refractivity contribution in [3.8, 4) is 0 Å². The molecule has 0 unspecified atom stereocenters. The standard InChI is InChI=1S/C18H24N2O6/c1-18(2,3)26-17(22)19-13-5-4-6-15(11-13)25-16(21)12-7-9-14(10-8-12)20(23)24/h7-10,13,15H,4-6,11H2,1-3H3,(H,19,22)/t13-,15-/m1/s1. The Hall–Kier alpha value is -2.64. The van der Waals surface area contributed by atoms with Crippen molar-refractivity contribution in [2.75, 3.05) is 0 Å². The van der Waals surface area contributed by atoms with E-state index >= 15 is 0 Å². The van der Waals surface area contributed by atoms with Gasteiger partial charge >= 0.3 is 12.1 Å². The Morgan fingerprint density at radius 1 is 1.19 bits per heavy atom. The number of esters is 1. The zero-order valence-electron chi connectivity index (χ0n) is 15.2. The van der Waals surface area contributed by atoms with Gasteiger partial charge in [-0.2, -0.15) is 0 Å². The molecule has 1 fully saturated rings. The number of benzene rings is 1. The maximum absolute atomic E-state index is 12.2. The van der Waals surface area contributed by atoms with Crippen molar-refractivity contribution < 1.29 is 24.0 Å². The molecule has 1 aliphatic rings. The highest BCUT2D eigenvalue weighted by molar-refractivity contribution is 5.89. The normalized spacial score (nSPS) is 20.1. The van der Waals surface area contributed by atoms with Crippen molar-refractivity contribution in [2.24, 2.45) is 0 Å². The molecule has 0 radical (unpaired) electrons. The molecule has 1 amide bonds. The molecule has 0 aliphatic heterocycles. The number of carbonyl (C=O) groups is 2. The maximum Gasteiger partial charge on any atom is 0.407 e. The summed E-state index contributed by atoms with van der Waals surface area (Å²) in [6.45, 7) is 5.38. The molecule has 1 N–H and O–H groups in total. The van der Waals surface area contributed by atoms with Crippen molar-refractivity contribution in [3.05, 3.63) is 39.9 Å². The van der Waals surface area contributed by atoms with E-state index in [2.05, 4.69) is 5.32 Å². The Morgan fingerprint density at radius 3 is 2.42 bits per heavy atom. The van der Waals surface area contributed by atoms with Crippen molar-refractivity contribution in [1.29, 1.82) is 0 Å². The van der Waals surface area contributed by atoms with Gasteiger partial charge in [0.25, 0.3) is 5.69 Å². The molecule has 2 atom stereocenters. The van der Waals surface area contributed by atoms with E-state index in [4.69, 9.17) is 9.47 Å². The molecule has 0 heterocycles. The van der Waals surface area contributed by atoms with Crippen molar-refractivity contribution in [3.63, 3.8) is 0 Å². The lowest BCUT2D eigenvalue weighted by atomic mass is 9.93. The molecule has 1 saturated carbocycles. The predicted octanol–water partition coefficient (Wildman–Crippen LogP) is 3.59. The van der Waals surface area contributed by atoms with E-state index in [0.29, 0.717) is 12.8 Å². The molecule has 142 valence electrons. The van der Waals surface area contributed by atoms with Crippen LogP contribution in [-0.4, -0.2) is 34.7 Å². The number of hydrogen-bond donors (Lipinski definition) is 1. The van der Waals surface area contributed by atoms with E-state index in [1.54, 1.807) is 20.8 Å². The number of amides is 1. The number of nitrogens with zero attached hydrogens (tertiary/aromatic N) is 1. The first-order valence-electron chi connectivity index (χ1n) is 8.59. The van der Waals surface area contributed by atoms with Crippen LogP contribution < -0.4 is 5.32 Å². The largest absolute Gasteiger partial charge is 0.459 e. The van der Waals surface area contributed by atoms with Gasteiger partial charge in [-0.15, -0.1) is 0 Å². The molecule has 0 spiro atoms. The number of alkyl carbamates (subject to hydrolysis) is 1. The van der Waals surface area contributed by atoms with Crippen LogP contribution in [0.2, 0.25) is 0 Å². The summed E-state index contributed by atoms with van der Waals surface area (Å²) in [4.78, 5) is 34.2. The first kappa shape index (κ1) is 19.7. The highest BCUT2D eigenvalue weighted by Gasteiger charge is 2.28. The minimum Gasteiger partial charge on any atom is -0.459 e. The molecular formula is C18H24N2O6. The van der Waals surface area contributed by atoms with Crippen LogP contribution >= 0.6 is 0 Å². The summed E-state index contributed by atoms with van der Waals surface area (Å²) >= 11 is 0. The zero-order chi connectivity index (χ0) is 19.3. The van der Waals surface area contributed by atoms with Gasteiger partial charge in [-0.1, -0.05) is 0 Å². The SMILES string of the molecule is CC(C)(C)OC(=O)N[C@@H]1CCC[C@@H](OC(=O)c2ccc([N+](=O)[O-])cc2)C1. The Kier molecular flexibility index (Phi) is 6.18. The van der Waals surface area contributed by atoms with Gasteiger partial charge in [0.05, 0.1) is 10.5 Å². The minimum atomic E-state index is -0.569. The van der Waals surface area contributed by atoms with Gasteiger partial charge < -0.3 is 14.8 Å². The van der Waals surface area contributed by atoms with Gasteiger partial charge in [-0.25, -0.2) is 9.59 Å². The summed E-state index contributed by atoms with van der Waals surface area (Å²) in [7, 11) is 0. The average Bonchev–Trinajstić information content (AvgIpc) is 2.53. The first-order valence-corrected chi connectivity index (χ1v) is 8.59. The second-order valence-corrected chi connectivity index (χ2v) is 7.34. The number of rotatable bonds is 4. The van der Waals surface area contributed by atoms with E-state index in [1.807, 2.05) is 0 Å². The van der Waals surface area contributed by atoms with Crippen LogP contribution in [-0.2, 0) is 9.47 Å². The lowest BCUT2D eigenvalue weighted by Gasteiger charge is -2.30. The molecule has 8 nitrogen and oxygen atoms in total. The van der Waals surface area contributed by atoms with Crippen LogP contribution in [0.15, 0.2) is 24.3 Å². The van der Waals surface area contributed by atoms with E-state index < -0.39 is 22.6 Å². The molecule has 1 aliphatic carbocycles. The minimum absolute atomic E-state index is 0.0826. The molecule has 1 aromatic carbocycles. The lowest BCUT2D eigenvalue weighted by Crippen LogP contribution is -2.43. The maximum atomic E-state index is 12.2. The number of nitro benzene ring substituents is 1. The topological polar surface area (TPSA) is 108 Å². The van der Waals surface area contributed by atoms with E-state index in [9.17, 15) is 19.7 Å². The van der Waals surface area contributed by atoms with E-state index in [-0.39, 0.29) is 23.4 Å². The Balaban J connectivity index is 1.88. The smallest absolute Gasteiger partial charge is 0.407 e. The van der Waals surface area contributed by atoms with Crippen LogP contribution in [0.3, 0.4) is 0 Å². The molecular weight excluding hydrogens is 340 g/mol. The molecule has 1 aromatic rings. The lowest BCUT2D eigenvalue weighted by molar-refractivity contribution is -0.384. The van der Waals surface area contributed by atoms with Crippen LogP contribution in [0.25, 0.3) is 0 Å². The number of nitro groups is 1. The van der Waals surface area contributed by atoms with Gasteiger partial charge in [0.1, 0.15) is 11.7 Å². The third-order valence-electron chi connectivity index (χ3n) is 3.93. The summed E-state index contributed by atoms with van der Waals surface area (Å²) < 4.78 is 10.7. The van der Waals surface area contributed by atoms with Crippen molar-refractivity contribution in [2.45, 2.75) is 64.2 Å². The zero-order valence-corrected chi connectivity index (χ0v) is 15.2. The molecule has 8 heteroatoms. The number of carbonyl (C=O) groups excluding carboxylic acids is 2. The van der Waals surface area contributed by atoms with Crippen LogP contribution in [0.5, 0.6) is 0 Å².